The summed E-state index contributed by atoms with van der Waals surface area (Å²) in [6.07, 6.45) is 3.41. The molecule has 4 rings (SSSR count). The van der Waals surface area contributed by atoms with E-state index in [9.17, 15) is 23.9 Å². The first kappa shape index (κ1) is 23.8. The number of carboxylic acids is 1. The van der Waals surface area contributed by atoms with E-state index in [2.05, 4.69) is 10.5 Å². The first-order valence-electron chi connectivity index (χ1n) is 10.7. The van der Waals surface area contributed by atoms with E-state index in [0.717, 1.165) is 31.7 Å². The van der Waals surface area contributed by atoms with E-state index >= 15 is 0 Å². The summed E-state index contributed by atoms with van der Waals surface area (Å²) in [5, 5.41) is 15.6. The highest BCUT2D eigenvalue weighted by atomic mass is 35.5. The van der Waals surface area contributed by atoms with Crippen molar-refractivity contribution in [3.05, 3.63) is 34.6 Å². The van der Waals surface area contributed by atoms with Crippen LogP contribution in [0.3, 0.4) is 0 Å². The highest BCUT2D eigenvalue weighted by Crippen LogP contribution is 2.50. The Bertz CT molecular complexity index is 1020. The molecular weight excluding hydrogens is 473 g/mol. The van der Waals surface area contributed by atoms with Crippen LogP contribution < -0.4 is 5.32 Å². The minimum atomic E-state index is -1.10. The number of rotatable bonds is 6. The Hall–Kier alpha value is -2.33. The normalized spacial score (nSPS) is 27.7. The number of benzene rings is 1. The second kappa shape index (κ2) is 8.47. The molecule has 2 aliphatic heterocycles. The molecule has 1 saturated carbocycles. The van der Waals surface area contributed by atoms with Crippen molar-refractivity contribution in [3.63, 3.8) is 0 Å². The van der Waals surface area contributed by atoms with Gasteiger partial charge in [0.1, 0.15) is 28.9 Å². The van der Waals surface area contributed by atoms with Gasteiger partial charge in [-0.05, 0) is 58.6 Å². The fourth-order valence-electron chi connectivity index (χ4n) is 4.65. The number of oxime groups is 1. The summed E-state index contributed by atoms with van der Waals surface area (Å²) >= 11 is 7.48. The van der Waals surface area contributed by atoms with E-state index in [-0.39, 0.29) is 16.3 Å². The highest BCUT2D eigenvalue weighted by Gasteiger charge is 2.64. The molecule has 11 heteroatoms. The van der Waals surface area contributed by atoms with Gasteiger partial charge in [0, 0.05) is 4.75 Å². The number of hydrogen-bond acceptors (Lipinski definition) is 6. The number of nitrogens with zero attached hydrogens (tertiary/aromatic N) is 2. The third kappa shape index (κ3) is 4.19. The fraction of sp³-hybridized carbons (Fsp3) is 0.545. The van der Waals surface area contributed by atoms with E-state index in [1.165, 1.54) is 28.8 Å². The van der Waals surface area contributed by atoms with Gasteiger partial charge < -0.3 is 20.2 Å². The van der Waals surface area contributed by atoms with Crippen LogP contribution in [0.5, 0.6) is 0 Å². The van der Waals surface area contributed by atoms with Crippen molar-refractivity contribution >= 4 is 46.9 Å². The topological polar surface area (TPSA) is 108 Å². The van der Waals surface area contributed by atoms with E-state index in [1.807, 2.05) is 6.92 Å². The predicted octanol–water partition coefficient (Wildman–Crippen LogP) is 3.16. The number of carbonyl (C=O) groups excluding carboxylic acids is 2. The van der Waals surface area contributed by atoms with Crippen LogP contribution in [0.25, 0.3) is 0 Å². The molecule has 0 unspecified atom stereocenters. The Balaban J connectivity index is 1.60. The number of thioether (sulfide) groups is 1. The maximum absolute atomic E-state index is 14.7. The molecule has 0 spiro atoms. The van der Waals surface area contributed by atoms with Crippen LogP contribution >= 0.6 is 23.4 Å². The second-order valence-electron chi connectivity index (χ2n) is 9.33. The number of halogens is 2. The zero-order valence-corrected chi connectivity index (χ0v) is 20.0. The van der Waals surface area contributed by atoms with E-state index in [0.29, 0.717) is 0 Å². The number of β-lactam (4-membered cyclic amide) rings is 1. The van der Waals surface area contributed by atoms with Gasteiger partial charge in [-0.25, -0.2) is 9.18 Å². The van der Waals surface area contributed by atoms with Gasteiger partial charge in [0.15, 0.2) is 5.71 Å². The Morgan fingerprint density at radius 1 is 1.30 bits per heavy atom. The van der Waals surface area contributed by atoms with Gasteiger partial charge in [-0.15, -0.1) is 11.8 Å². The quantitative estimate of drug-likeness (QED) is 0.355. The van der Waals surface area contributed by atoms with Gasteiger partial charge in [-0.2, -0.15) is 0 Å². The molecule has 0 radical (unpaired) electrons. The first-order chi connectivity index (χ1) is 15.4. The van der Waals surface area contributed by atoms with Gasteiger partial charge in [0.05, 0.1) is 10.6 Å². The van der Waals surface area contributed by atoms with E-state index in [1.54, 1.807) is 13.8 Å². The molecule has 3 fully saturated rings. The van der Waals surface area contributed by atoms with Crippen molar-refractivity contribution in [3.8, 4) is 0 Å². The van der Waals surface area contributed by atoms with Crippen LogP contribution in [0.15, 0.2) is 23.4 Å². The number of aliphatic carboxylic acids is 1. The molecule has 2 heterocycles. The third-order valence-corrected chi connectivity index (χ3v) is 8.28. The van der Waals surface area contributed by atoms with Gasteiger partial charge in [-0.1, -0.05) is 22.8 Å². The lowest BCUT2D eigenvalue weighted by Gasteiger charge is -2.43. The number of fused-ring (bicyclic) bond motifs is 1. The smallest absolute Gasteiger partial charge is 0.327 e. The zero-order valence-electron chi connectivity index (χ0n) is 18.4. The molecule has 2 N–H and O–H groups in total. The van der Waals surface area contributed by atoms with Crippen molar-refractivity contribution in [1.29, 1.82) is 0 Å². The summed E-state index contributed by atoms with van der Waals surface area (Å²) in [6.45, 7) is 5.35. The number of nitrogens with one attached hydrogen (secondary N) is 1. The Labute approximate surface area is 199 Å². The Kier molecular flexibility index (Phi) is 6.11. The summed E-state index contributed by atoms with van der Waals surface area (Å²) in [5.41, 5.74) is -1.16. The van der Waals surface area contributed by atoms with E-state index in [4.69, 9.17) is 16.4 Å². The summed E-state index contributed by atoms with van der Waals surface area (Å²) in [4.78, 5) is 44.6. The Morgan fingerprint density at radius 3 is 2.58 bits per heavy atom. The van der Waals surface area contributed by atoms with Crippen molar-refractivity contribution < 1.29 is 28.7 Å². The maximum atomic E-state index is 14.7. The molecule has 3 aliphatic rings. The standard InChI is InChI=1S/C22H25ClFN3O5S/c1-21(2)16(20(30)31)27-18(29)15(19(27)33-21)25-17(28)14(13-11(23)7-6-8-12(13)24)26-32-22(3)9-4-5-10-22/h6-8,15-16,19H,4-5,9-10H2,1-3H3,(H,25,28)(H,30,31)/b26-14-/t15-,16-,19+/m0/s1. The molecular formula is C22H25ClFN3O5S. The number of carbonyl (C=O) groups is 3. The van der Waals surface area contributed by atoms with Crippen LogP contribution in [-0.4, -0.2) is 61.3 Å². The molecule has 8 nitrogen and oxygen atoms in total. The predicted molar refractivity (Wildman–Crippen MR) is 122 cm³/mol. The molecule has 1 aliphatic carbocycles. The lowest BCUT2D eigenvalue weighted by Crippen LogP contribution is -2.71. The summed E-state index contributed by atoms with van der Waals surface area (Å²) in [5.74, 6) is -3.19. The average molecular weight is 498 g/mol. The van der Waals surface area contributed by atoms with Crippen LogP contribution in [0.4, 0.5) is 4.39 Å². The largest absolute Gasteiger partial charge is 0.480 e. The highest BCUT2D eigenvalue weighted by molar-refractivity contribution is 8.01. The monoisotopic (exact) mass is 497 g/mol. The second-order valence-corrected chi connectivity index (χ2v) is 11.5. The van der Waals surface area contributed by atoms with Crippen LogP contribution in [0.2, 0.25) is 5.02 Å². The van der Waals surface area contributed by atoms with E-state index < -0.39 is 51.4 Å². The Morgan fingerprint density at radius 2 is 1.97 bits per heavy atom. The lowest BCUT2D eigenvalue weighted by atomic mass is 9.96. The van der Waals surface area contributed by atoms with Crippen LogP contribution in [0.1, 0.15) is 52.0 Å². The molecule has 2 amide bonds. The fourth-order valence-corrected chi connectivity index (χ4v) is 6.53. The number of amides is 2. The van der Waals surface area contributed by atoms with Gasteiger partial charge in [-0.3, -0.25) is 9.59 Å². The molecule has 33 heavy (non-hydrogen) atoms. The van der Waals surface area contributed by atoms with Gasteiger partial charge >= 0.3 is 5.97 Å². The zero-order chi connectivity index (χ0) is 24.1. The van der Waals surface area contributed by atoms with Crippen molar-refractivity contribution in [2.75, 3.05) is 0 Å². The minimum absolute atomic E-state index is 0.0204. The summed E-state index contributed by atoms with van der Waals surface area (Å²) < 4.78 is 13.9. The van der Waals surface area contributed by atoms with Crippen molar-refractivity contribution in [2.24, 2.45) is 5.16 Å². The number of hydrogen-bond donors (Lipinski definition) is 2. The summed E-state index contributed by atoms with van der Waals surface area (Å²) in [6, 6.07) is 2.02. The molecule has 0 aromatic heterocycles. The maximum Gasteiger partial charge on any atom is 0.327 e. The summed E-state index contributed by atoms with van der Waals surface area (Å²) in [7, 11) is 0. The molecule has 178 valence electrons. The van der Waals surface area contributed by atoms with Crippen LogP contribution in [0, 0.1) is 5.82 Å². The average Bonchev–Trinajstić information content (AvgIpc) is 3.27. The molecule has 2 saturated heterocycles. The first-order valence-corrected chi connectivity index (χ1v) is 12.0. The van der Waals surface area contributed by atoms with Crippen LogP contribution in [-0.2, 0) is 19.2 Å². The molecule has 0 bridgehead atoms. The third-order valence-electron chi connectivity index (χ3n) is 6.39. The molecule has 3 atom stereocenters. The number of carboxylic acid groups (broad SMARTS) is 1. The van der Waals surface area contributed by atoms with Gasteiger partial charge in [0.25, 0.3) is 5.91 Å². The lowest BCUT2D eigenvalue weighted by molar-refractivity contribution is -0.160. The van der Waals surface area contributed by atoms with Crippen molar-refractivity contribution in [1.82, 2.24) is 10.2 Å². The van der Waals surface area contributed by atoms with Gasteiger partial charge in [0.2, 0.25) is 5.91 Å². The SMILES string of the molecule is CC1(O/N=C(\C(=O)N[C@H]2C(=O)N3[C@@H]2SC(C)(C)[C@@H]3C(=O)O)c2c(F)cccc2Cl)CCCC1. The van der Waals surface area contributed by atoms with Crippen molar-refractivity contribution in [2.45, 2.75) is 74.3 Å². The minimum Gasteiger partial charge on any atom is -0.480 e. The molecule has 1 aromatic carbocycles. The molecule has 1 aromatic rings.